The van der Waals surface area contributed by atoms with Gasteiger partial charge in [0.05, 0.1) is 17.5 Å². The second kappa shape index (κ2) is 5.70. The van der Waals surface area contributed by atoms with E-state index in [-0.39, 0.29) is 4.90 Å². The number of benzene rings is 2. The van der Waals surface area contributed by atoms with E-state index < -0.39 is 15.8 Å². The van der Waals surface area contributed by atoms with Gasteiger partial charge < -0.3 is 4.74 Å². The molecule has 0 fully saturated rings. The summed E-state index contributed by atoms with van der Waals surface area (Å²) in [5.74, 6) is 0.553. The number of fused-ring (bicyclic) bond motifs is 2. The molecule has 0 spiro atoms. The summed E-state index contributed by atoms with van der Waals surface area (Å²) in [6.07, 6.45) is 0.574. The van der Waals surface area contributed by atoms with Crippen molar-refractivity contribution in [3.63, 3.8) is 0 Å². The minimum Gasteiger partial charge on any atom is -0.497 e. The number of sulfonamides is 1. The maximum absolute atomic E-state index is 13.5. The van der Waals surface area contributed by atoms with Crippen LogP contribution in [0.25, 0.3) is 10.9 Å². The first-order valence-corrected chi connectivity index (χ1v) is 9.19. The lowest BCUT2D eigenvalue weighted by Gasteiger charge is -2.19. The zero-order valence-electron chi connectivity index (χ0n) is 13.4. The number of nitrogens with zero attached hydrogens (tertiary/aromatic N) is 2. The molecule has 1 aliphatic heterocycles. The molecular formula is C18H15FN2O3S. The normalized spacial score (nSPS) is 13.9. The highest BCUT2D eigenvalue weighted by Crippen LogP contribution is 2.34. The van der Waals surface area contributed by atoms with E-state index in [0.29, 0.717) is 30.0 Å². The molecule has 0 atom stereocenters. The summed E-state index contributed by atoms with van der Waals surface area (Å²) >= 11 is 0. The first-order valence-electron chi connectivity index (χ1n) is 7.75. The van der Waals surface area contributed by atoms with Crippen LogP contribution in [0.15, 0.2) is 53.4 Å². The Hall–Kier alpha value is -2.67. The average Bonchev–Trinajstić information content (AvgIpc) is 3.03. The van der Waals surface area contributed by atoms with Gasteiger partial charge in [-0.2, -0.15) is 0 Å². The number of pyridine rings is 1. The molecule has 2 heterocycles. The third-order valence-corrected chi connectivity index (χ3v) is 6.11. The van der Waals surface area contributed by atoms with E-state index in [1.165, 1.54) is 35.7 Å². The lowest BCUT2D eigenvalue weighted by molar-refractivity contribution is 0.414. The lowest BCUT2D eigenvalue weighted by atomic mass is 10.1. The van der Waals surface area contributed by atoms with Crippen molar-refractivity contribution in [2.75, 3.05) is 18.0 Å². The molecule has 0 amide bonds. The Morgan fingerprint density at radius 1 is 1.12 bits per heavy atom. The minimum atomic E-state index is -3.73. The van der Waals surface area contributed by atoms with Crippen LogP contribution in [-0.2, 0) is 16.4 Å². The zero-order chi connectivity index (χ0) is 17.6. The number of hydrogen-bond acceptors (Lipinski definition) is 4. The molecule has 7 heteroatoms. The number of methoxy groups -OCH3 is 1. The van der Waals surface area contributed by atoms with Crippen molar-refractivity contribution < 1.29 is 17.5 Å². The van der Waals surface area contributed by atoms with E-state index >= 15 is 0 Å². The molecule has 0 bridgehead atoms. The van der Waals surface area contributed by atoms with Crippen molar-refractivity contribution in [1.29, 1.82) is 0 Å². The van der Waals surface area contributed by atoms with E-state index in [1.807, 2.05) is 6.07 Å². The molecule has 2 aromatic carbocycles. The number of hydrogen-bond donors (Lipinski definition) is 0. The van der Waals surface area contributed by atoms with Gasteiger partial charge in [-0.15, -0.1) is 0 Å². The van der Waals surface area contributed by atoms with Crippen LogP contribution in [0, 0.1) is 5.82 Å². The smallest absolute Gasteiger partial charge is 0.265 e. The van der Waals surface area contributed by atoms with Gasteiger partial charge >= 0.3 is 0 Å². The Kier molecular flexibility index (Phi) is 3.61. The van der Waals surface area contributed by atoms with Crippen LogP contribution in [0.2, 0.25) is 0 Å². The minimum absolute atomic E-state index is 0.169. The second-order valence-electron chi connectivity index (χ2n) is 5.81. The van der Waals surface area contributed by atoms with Gasteiger partial charge in [0, 0.05) is 18.0 Å². The maximum atomic E-state index is 13.5. The Balaban J connectivity index is 1.80. The van der Waals surface area contributed by atoms with Crippen molar-refractivity contribution in [1.82, 2.24) is 4.98 Å². The quantitative estimate of drug-likeness (QED) is 0.722. The number of ether oxygens (including phenoxy) is 1. The van der Waals surface area contributed by atoms with Crippen LogP contribution in [0.5, 0.6) is 5.75 Å². The van der Waals surface area contributed by atoms with Crippen LogP contribution >= 0.6 is 0 Å². The topological polar surface area (TPSA) is 59.5 Å². The molecule has 25 heavy (non-hydrogen) atoms. The molecule has 0 radical (unpaired) electrons. The number of aromatic nitrogens is 1. The van der Waals surface area contributed by atoms with Crippen LogP contribution < -0.4 is 9.04 Å². The van der Waals surface area contributed by atoms with Gasteiger partial charge in [0.15, 0.2) is 0 Å². The van der Waals surface area contributed by atoms with E-state index in [2.05, 4.69) is 4.98 Å². The first-order chi connectivity index (χ1) is 12.0. The van der Waals surface area contributed by atoms with Crippen LogP contribution in [0.3, 0.4) is 0 Å². The van der Waals surface area contributed by atoms with Crippen LogP contribution in [-0.4, -0.2) is 27.1 Å². The van der Waals surface area contributed by atoms with Crippen molar-refractivity contribution in [2.45, 2.75) is 11.3 Å². The molecule has 0 aliphatic carbocycles. The second-order valence-corrected chi connectivity index (χ2v) is 7.67. The molecule has 3 aromatic rings. The summed E-state index contributed by atoms with van der Waals surface area (Å²) in [6, 6.07) is 12.4. The number of anilines is 1. The molecule has 0 saturated carbocycles. The van der Waals surface area contributed by atoms with Gasteiger partial charge in [-0.3, -0.25) is 0 Å². The van der Waals surface area contributed by atoms with E-state index in [4.69, 9.17) is 4.74 Å². The molecule has 0 unspecified atom stereocenters. The van der Waals surface area contributed by atoms with Gasteiger partial charge in [0.25, 0.3) is 10.0 Å². The summed E-state index contributed by atoms with van der Waals surface area (Å²) in [4.78, 5) is 4.57. The SMILES string of the molecule is COc1ccc(S(=O)(=O)N2CCc3cc4ccc(F)cc4nc32)cc1. The van der Waals surface area contributed by atoms with Crippen molar-refractivity contribution >= 4 is 26.7 Å². The Bertz CT molecular complexity index is 1070. The molecule has 0 saturated heterocycles. The highest BCUT2D eigenvalue weighted by atomic mass is 32.2. The summed E-state index contributed by atoms with van der Waals surface area (Å²) in [7, 11) is -2.21. The molecule has 1 aliphatic rings. The summed E-state index contributed by atoms with van der Waals surface area (Å²) in [5, 5.41) is 0.795. The molecule has 128 valence electrons. The fourth-order valence-corrected chi connectivity index (χ4v) is 4.46. The molecule has 0 N–H and O–H groups in total. The maximum Gasteiger partial charge on any atom is 0.265 e. The van der Waals surface area contributed by atoms with E-state index in [9.17, 15) is 12.8 Å². The Morgan fingerprint density at radius 2 is 1.88 bits per heavy atom. The highest BCUT2D eigenvalue weighted by Gasteiger charge is 2.32. The van der Waals surface area contributed by atoms with Crippen molar-refractivity contribution in [3.8, 4) is 5.75 Å². The van der Waals surface area contributed by atoms with Crippen LogP contribution in [0.1, 0.15) is 5.56 Å². The van der Waals surface area contributed by atoms with Gasteiger partial charge in [-0.25, -0.2) is 22.1 Å². The third-order valence-electron chi connectivity index (χ3n) is 4.30. The molecule has 1 aromatic heterocycles. The zero-order valence-corrected chi connectivity index (χ0v) is 14.3. The molecular weight excluding hydrogens is 343 g/mol. The highest BCUT2D eigenvalue weighted by molar-refractivity contribution is 7.92. The van der Waals surface area contributed by atoms with Crippen molar-refractivity contribution in [2.24, 2.45) is 0 Å². The number of rotatable bonds is 3. The third kappa shape index (κ3) is 2.60. The number of halogens is 1. The standard InChI is InChI=1S/C18H15FN2O3S/c1-24-15-4-6-16(7-5-15)25(22,23)21-9-8-13-10-12-2-3-14(19)11-17(12)20-18(13)21/h2-7,10-11H,8-9H2,1H3. The fraction of sp³-hybridized carbons (Fsp3) is 0.167. The largest absolute Gasteiger partial charge is 0.497 e. The average molecular weight is 358 g/mol. The van der Waals surface area contributed by atoms with Gasteiger partial charge in [0.1, 0.15) is 17.4 Å². The fourth-order valence-electron chi connectivity index (χ4n) is 3.01. The molecule has 5 nitrogen and oxygen atoms in total. The Labute approximate surface area is 144 Å². The summed E-state index contributed by atoms with van der Waals surface area (Å²) < 4.78 is 45.8. The monoisotopic (exact) mass is 358 g/mol. The lowest BCUT2D eigenvalue weighted by Crippen LogP contribution is -2.29. The van der Waals surface area contributed by atoms with Gasteiger partial charge in [-0.05, 0) is 54.4 Å². The predicted molar refractivity (Wildman–Crippen MR) is 92.9 cm³/mol. The predicted octanol–water partition coefficient (Wildman–Crippen LogP) is 3.13. The summed E-state index contributed by atoms with van der Waals surface area (Å²) in [5.41, 5.74) is 1.28. The van der Waals surface area contributed by atoms with E-state index in [1.54, 1.807) is 18.2 Å². The van der Waals surface area contributed by atoms with E-state index in [0.717, 1.165) is 10.9 Å². The van der Waals surface area contributed by atoms with Gasteiger partial charge in [-0.1, -0.05) is 0 Å². The van der Waals surface area contributed by atoms with Crippen LogP contribution in [0.4, 0.5) is 10.2 Å². The summed E-state index contributed by atoms with van der Waals surface area (Å²) in [6.45, 7) is 0.315. The van der Waals surface area contributed by atoms with Gasteiger partial charge in [0.2, 0.25) is 0 Å². The molecule has 4 rings (SSSR count). The first kappa shape index (κ1) is 15.8. The van der Waals surface area contributed by atoms with Crippen molar-refractivity contribution in [3.05, 3.63) is 59.9 Å². The Morgan fingerprint density at radius 3 is 2.60 bits per heavy atom.